The van der Waals surface area contributed by atoms with Crippen LogP contribution >= 0.6 is 11.6 Å². The molecule has 1 amide bonds. The van der Waals surface area contributed by atoms with Gasteiger partial charge in [-0.15, -0.1) is 0 Å². The van der Waals surface area contributed by atoms with Gasteiger partial charge in [0.05, 0.1) is 29.4 Å². The van der Waals surface area contributed by atoms with Gasteiger partial charge in [0.1, 0.15) is 10.6 Å². The van der Waals surface area contributed by atoms with E-state index in [2.05, 4.69) is 15.5 Å². The van der Waals surface area contributed by atoms with Crippen molar-refractivity contribution in [3.05, 3.63) is 28.8 Å². The summed E-state index contributed by atoms with van der Waals surface area (Å²) in [4.78, 5) is 12.8. The molecule has 2 aromatic rings. The van der Waals surface area contributed by atoms with E-state index in [9.17, 15) is 13.2 Å². The topological polar surface area (TPSA) is 102 Å². The molecule has 0 saturated carbocycles. The van der Waals surface area contributed by atoms with E-state index in [0.717, 1.165) is 0 Å². The monoisotopic (exact) mass is 428 g/mol. The number of hydrogen-bond donors (Lipinski definition) is 1. The van der Waals surface area contributed by atoms with Crippen molar-refractivity contribution < 1.29 is 13.2 Å². The van der Waals surface area contributed by atoms with Gasteiger partial charge >= 0.3 is 0 Å². The van der Waals surface area contributed by atoms with E-state index in [4.69, 9.17) is 11.6 Å². The zero-order valence-electron chi connectivity index (χ0n) is 16.2. The number of rotatable bonds is 6. The van der Waals surface area contributed by atoms with Crippen molar-refractivity contribution in [2.24, 2.45) is 13.0 Å². The van der Waals surface area contributed by atoms with Gasteiger partial charge in [-0.3, -0.25) is 14.2 Å². The summed E-state index contributed by atoms with van der Waals surface area (Å²) in [6, 6.07) is 0. The zero-order chi connectivity index (χ0) is 20.5. The van der Waals surface area contributed by atoms with E-state index >= 15 is 0 Å². The molecule has 1 atom stereocenters. The molecule has 3 rings (SSSR count). The Morgan fingerprint density at radius 3 is 2.79 bits per heavy atom. The minimum absolute atomic E-state index is 0.152. The highest BCUT2D eigenvalue weighted by Crippen LogP contribution is 2.25. The number of aryl methyl sites for hydroxylation is 2. The molecule has 2 aromatic heterocycles. The second-order valence-electron chi connectivity index (χ2n) is 6.92. The van der Waals surface area contributed by atoms with Crippen molar-refractivity contribution in [1.82, 2.24) is 29.2 Å². The lowest BCUT2D eigenvalue weighted by Crippen LogP contribution is -2.45. The SMILES string of the molecule is CCn1cc(Cl)c(CNC(=O)[C@H]2CCCN(S(=O)(=O)c3cnn(C)c3C)C2)n1. The van der Waals surface area contributed by atoms with Gasteiger partial charge in [0.2, 0.25) is 15.9 Å². The normalized spacial score (nSPS) is 18.4. The number of nitrogens with one attached hydrogen (secondary N) is 1. The van der Waals surface area contributed by atoms with Crippen LogP contribution in [0.15, 0.2) is 17.3 Å². The van der Waals surface area contributed by atoms with Crippen LogP contribution in [0.25, 0.3) is 0 Å². The van der Waals surface area contributed by atoms with E-state index in [0.29, 0.717) is 42.3 Å². The number of nitrogens with zero attached hydrogens (tertiary/aromatic N) is 5. The molecule has 1 saturated heterocycles. The van der Waals surface area contributed by atoms with E-state index in [1.54, 1.807) is 24.9 Å². The van der Waals surface area contributed by atoms with Crippen LogP contribution in [0.4, 0.5) is 0 Å². The number of amides is 1. The Bertz CT molecular complexity index is 968. The van der Waals surface area contributed by atoms with Crippen molar-refractivity contribution in [1.29, 1.82) is 0 Å². The van der Waals surface area contributed by atoms with Crippen LogP contribution in [0, 0.1) is 12.8 Å². The number of aromatic nitrogens is 4. The Labute approximate surface area is 169 Å². The fourth-order valence-electron chi connectivity index (χ4n) is 3.28. The second kappa shape index (κ2) is 8.22. The van der Waals surface area contributed by atoms with Gasteiger partial charge in [0, 0.05) is 32.9 Å². The summed E-state index contributed by atoms with van der Waals surface area (Å²) in [6.07, 6.45) is 4.34. The number of piperidine rings is 1. The van der Waals surface area contributed by atoms with Crippen molar-refractivity contribution in [2.45, 2.75) is 44.7 Å². The predicted molar refractivity (Wildman–Crippen MR) is 104 cm³/mol. The number of halogens is 1. The van der Waals surface area contributed by atoms with Gasteiger partial charge in [-0.25, -0.2) is 8.42 Å². The van der Waals surface area contributed by atoms with Crippen LogP contribution in [0.5, 0.6) is 0 Å². The summed E-state index contributed by atoms with van der Waals surface area (Å²) >= 11 is 6.13. The highest BCUT2D eigenvalue weighted by atomic mass is 35.5. The van der Waals surface area contributed by atoms with Crippen LogP contribution < -0.4 is 5.32 Å². The fraction of sp³-hybridized carbons (Fsp3) is 0.588. The van der Waals surface area contributed by atoms with Crippen molar-refractivity contribution in [2.75, 3.05) is 13.1 Å². The Kier molecular flexibility index (Phi) is 6.11. The number of carbonyl (C=O) groups is 1. The highest BCUT2D eigenvalue weighted by Gasteiger charge is 2.35. The molecule has 0 bridgehead atoms. The molecule has 1 aliphatic heterocycles. The quantitative estimate of drug-likeness (QED) is 0.747. The van der Waals surface area contributed by atoms with Gasteiger partial charge in [-0.05, 0) is 26.7 Å². The largest absolute Gasteiger partial charge is 0.350 e. The molecule has 1 aliphatic rings. The van der Waals surface area contributed by atoms with E-state index in [-0.39, 0.29) is 23.9 Å². The van der Waals surface area contributed by atoms with Gasteiger partial charge in [0.15, 0.2) is 0 Å². The van der Waals surface area contributed by atoms with E-state index in [1.807, 2.05) is 6.92 Å². The third-order valence-electron chi connectivity index (χ3n) is 5.10. The summed E-state index contributed by atoms with van der Waals surface area (Å²) < 4.78 is 30.5. The number of sulfonamides is 1. The Morgan fingerprint density at radius 1 is 1.43 bits per heavy atom. The van der Waals surface area contributed by atoms with Crippen molar-refractivity contribution >= 4 is 27.5 Å². The van der Waals surface area contributed by atoms with E-state index < -0.39 is 15.9 Å². The third kappa shape index (κ3) is 4.08. The first-order valence-electron chi connectivity index (χ1n) is 9.22. The molecule has 11 heteroatoms. The summed E-state index contributed by atoms with van der Waals surface area (Å²) in [7, 11) is -1.98. The lowest BCUT2D eigenvalue weighted by Gasteiger charge is -2.31. The first-order valence-corrected chi connectivity index (χ1v) is 11.0. The average molecular weight is 429 g/mol. The first-order chi connectivity index (χ1) is 13.2. The fourth-order valence-corrected chi connectivity index (χ4v) is 5.21. The van der Waals surface area contributed by atoms with Crippen LogP contribution in [0.3, 0.4) is 0 Å². The van der Waals surface area contributed by atoms with Crippen LogP contribution in [-0.4, -0.2) is 51.3 Å². The molecule has 3 heterocycles. The maximum absolute atomic E-state index is 13.0. The number of hydrogen-bond acceptors (Lipinski definition) is 5. The van der Waals surface area contributed by atoms with Gasteiger partial charge in [-0.1, -0.05) is 11.6 Å². The van der Waals surface area contributed by atoms with Crippen LogP contribution in [0.2, 0.25) is 5.02 Å². The maximum atomic E-state index is 13.0. The Morgan fingerprint density at radius 2 is 2.18 bits per heavy atom. The lowest BCUT2D eigenvalue weighted by atomic mass is 9.99. The average Bonchev–Trinajstić information content (AvgIpc) is 3.22. The minimum Gasteiger partial charge on any atom is -0.350 e. The van der Waals surface area contributed by atoms with Crippen molar-refractivity contribution in [3.8, 4) is 0 Å². The summed E-state index contributed by atoms with van der Waals surface area (Å²) in [6.45, 7) is 5.12. The van der Waals surface area contributed by atoms with Crippen LogP contribution in [-0.2, 0) is 35.0 Å². The third-order valence-corrected chi connectivity index (χ3v) is 7.39. The zero-order valence-corrected chi connectivity index (χ0v) is 17.8. The summed E-state index contributed by atoms with van der Waals surface area (Å²) in [5, 5.41) is 11.7. The Hall–Kier alpha value is -1.91. The van der Waals surface area contributed by atoms with E-state index in [1.165, 1.54) is 15.2 Å². The molecule has 9 nitrogen and oxygen atoms in total. The second-order valence-corrected chi connectivity index (χ2v) is 9.23. The number of carbonyl (C=O) groups excluding carboxylic acids is 1. The van der Waals surface area contributed by atoms with Gasteiger partial charge in [0.25, 0.3) is 0 Å². The minimum atomic E-state index is -3.68. The maximum Gasteiger partial charge on any atom is 0.246 e. The molecule has 0 radical (unpaired) electrons. The molecule has 0 aliphatic carbocycles. The molecular weight excluding hydrogens is 404 g/mol. The standard InChI is InChI=1S/C17H25ClN6O3S/c1-4-23-11-14(18)15(21-23)8-19-17(25)13-6-5-7-24(10-13)28(26,27)16-9-20-22(3)12(16)2/h9,11,13H,4-8,10H2,1-3H3,(H,19,25)/t13-/m0/s1. The molecule has 0 unspecified atom stereocenters. The molecule has 1 fully saturated rings. The predicted octanol–water partition coefficient (Wildman–Crippen LogP) is 1.32. The molecule has 154 valence electrons. The summed E-state index contributed by atoms with van der Waals surface area (Å²) in [5.74, 6) is -0.600. The first kappa shape index (κ1) is 20.8. The molecule has 0 aromatic carbocycles. The molecule has 0 spiro atoms. The molecular formula is C17H25ClN6O3S. The van der Waals surface area contributed by atoms with Gasteiger partial charge < -0.3 is 5.32 Å². The molecule has 1 N–H and O–H groups in total. The highest BCUT2D eigenvalue weighted by molar-refractivity contribution is 7.89. The van der Waals surface area contributed by atoms with Gasteiger partial charge in [-0.2, -0.15) is 14.5 Å². The van der Waals surface area contributed by atoms with Crippen molar-refractivity contribution in [3.63, 3.8) is 0 Å². The Balaban J connectivity index is 1.66. The molecule has 28 heavy (non-hydrogen) atoms. The van der Waals surface area contributed by atoms with Crippen LogP contribution in [0.1, 0.15) is 31.2 Å². The summed E-state index contributed by atoms with van der Waals surface area (Å²) in [5.41, 5.74) is 1.18. The lowest BCUT2D eigenvalue weighted by molar-refractivity contribution is -0.126. The smallest absolute Gasteiger partial charge is 0.246 e.